The van der Waals surface area contributed by atoms with Gasteiger partial charge in [0.15, 0.2) is 11.6 Å². The highest BCUT2D eigenvalue weighted by atomic mass is 16.5. The number of carbonyl (C=O) groups excluding carboxylic acids is 1. The number of hydrogen-bond donors (Lipinski definition) is 2. The molecule has 0 radical (unpaired) electrons. The Hall–Kier alpha value is -3.81. The van der Waals surface area contributed by atoms with Crippen molar-refractivity contribution in [1.82, 2.24) is 14.8 Å². The molecule has 2 aromatic carbocycles. The number of ketones is 1. The fourth-order valence-electron chi connectivity index (χ4n) is 4.23. The van der Waals surface area contributed by atoms with E-state index < -0.39 is 6.04 Å². The van der Waals surface area contributed by atoms with Crippen molar-refractivity contribution in [3.8, 4) is 28.6 Å². The first-order valence-electron chi connectivity index (χ1n) is 10.1. The smallest absolute Gasteiger partial charge is 0.226 e. The van der Waals surface area contributed by atoms with E-state index >= 15 is 0 Å². The zero-order chi connectivity index (χ0) is 21.5. The molecule has 8 heteroatoms. The van der Waals surface area contributed by atoms with Gasteiger partial charge in [-0.1, -0.05) is 0 Å². The van der Waals surface area contributed by atoms with Crippen molar-refractivity contribution in [3.63, 3.8) is 0 Å². The third-order valence-corrected chi connectivity index (χ3v) is 5.73. The average Bonchev–Trinajstić information content (AvgIpc) is 3.21. The Balaban J connectivity index is 1.71. The number of carbonyl (C=O) groups is 1. The van der Waals surface area contributed by atoms with Crippen LogP contribution in [0.3, 0.4) is 0 Å². The molecule has 31 heavy (non-hydrogen) atoms. The summed E-state index contributed by atoms with van der Waals surface area (Å²) in [7, 11) is 3.21. The maximum Gasteiger partial charge on any atom is 0.226 e. The van der Waals surface area contributed by atoms with Crippen molar-refractivity contribution in [3.05, 3.63) is 59.3 Å². The Kier molecular flexibility index (Phi) is 4.62. The summed E-state index contributed by atoms with van der Waals surface area (Å²) in [6.45, 7) is 0. The molecular formula is C23H22N4O4. The number of Topliss-reactive ketones (excluding diaryl/α,β-unsaturated/α-hetero) is 1. The van der Waals surface area contributed by atoms with E-state index in [1.54, 1.807) is 43.2 Å². The van der Waals surface area contributed by atoms with Gasteiger partial charge < -0.3 is 19.9 Å². The second-order valence-electron chi connectivity index (χ2n) is 7.55. The number of fused-ring (bicyclic) bond motifs is 1. The second kappa shape index (κ2) is 7.46. The summed E-state index contributed by atoms with van der Waals surface area (Å²) in [5.41, 5.74) is 3.12. The highest BCUT2D eigenvalue weighted by molar-refractivity contribution is 5.99. The minimum absolute atomic E-state index is 0.0935. The van der Waals surface area contributed by atoms with Crippen LogP contribution in [-0.2, 0) is 4.79 Å². The van der Waals surface area contributed by atoms with Crippen LogP contribution in [0.5, 0.6) is 17.2 Å². The first kappa shape index (κ1) is 19.2. The van der Waals surface area contributed by atoms with Gasteiger partial charge in [-0.25, -0.2) is 4.68 Å². The fraction of sp³-hybridized carbons (Fsp3) is 0.261. The molecule has 0 saturated heterocycles. The molecule has 2 heterocycles. The minimum Gasteiger partial charge on any atom is -0.508 e. The zero-order valence-electron chi connectivity index (χ0n) is 17.3. The van der Waals surface area contributed by atoms with Crippen molar-refractivity contribution in [2.75, 3.05) is 19.5 Å². The average molecular weight is 418 g/mol. The Morgan fingerprint density at radius 3 is 2.65 bits per heavy atom. The van der Waals surface area contributed by atoms with Crippen molar-refractivity contribution >= 4 is 11.7 Å². The number of benzene rings is 2. The molecule has 158 valence electrons. The lowest BCUT2D eigenvalue weighted by molar-refractivity contribution is -0.116. The Bertz CT molecular complexity index is 1200. The summed E-state index contributed by atoms with van der Waals surface area (Å²) in [5.74, 6) is 2.64. The lowest BCUT2D eigenvalue weighted by atomic mass is 9.85. The molecule has 2 aliphatic rings. The lowest BCUT2D eigenvalue weighted by Gasteiger charge is -2.32. The summed E-state index contributed by atoms with van der Waals surface area (Å²) in [6.07, 6.45) is 2.06. The lowest BCUT2D eigenvalue weighted by Crippen LogP contribution is -2.31. The number of rotatable bonds is 4. The van der Waals surface area contributed by atoms with E-state index in [-0.39, 0.29) is 11.5 Å². The number of phenolic OH excluding ortho intramolecular Hbond substituents is 1. The van der Waals surface area contributed by atoms with Crippen LogP contribution in [0.1, 0.15) is 30.9 Å². The van der Waals surface area contributed by atoms with Crippen LogP contribution in [-0.4, -0.2) is 39.9 Å². The third-order valence-electron chi connectivity index (χ3n) is 5.73. The van der Waals surface area contributed by atoms with Gasteiger partial charge in [-0.15, -0.1) is 5.10 Å². The molecular weight excluding hydrogens is 396 g/mol. The second-order valence-corrected chi connectivity index (χ2v) is 7.55. The van der Waals surface area contributed by atoms with Crippen LogP contribution < -0.4 is 14.8 Å². The van der Waals surface area contributed by atoms with Gasteiger partial charge in [0, 0.05) is 28.8 Å². The molecule has 1 aliphatic heterocycles. The molecule has 1 aliphatic carbocycles. The van der Waals surface area contributed by atoms with Gasteiger partial charge in [0.1, 0.15) is 23.3 Å². The predicted molar refractivity (Wildman–Crippen MR) is 114 cm³/mol. The minimum atomic E-state index is -0.484. The number of phenols is 1. The first-order valence-corrected chi connectivity index (χ1v) is 10.1. The van der Waals surface area contributed by atoms with Crippen molar-refractivity contribution in [1.29, 1.82) is 0 Å². The van der Waals surface area contributed by atoms with Gasteiger partial charge in [-0.2, -0.15) is 4.98 Å². The molecule has 0 saturated carbocycles. The maximum atomic E-state index is 13.0. The van der Waals surface area contributed by atoms with Crippen LogP contribution in [0.4, 0.5) is 5.95 Å². The van der Waals surface area contributed by atoms with Crippen LogP contribution >= 0.6 is 0 Å². The van der Waals surface area contributed by atoms with E-state index in [4.69, 9.17) is 14.6 Å². The summed E-state index contributed by atoms with van der Waals surface area (Å²) < 4.78 is 12.8. The summed E-state index contributed by atoms with van der Waals surface area (Å²) in [6, 6.07) is 11.8. The summed E-state index contributed by atoms with van der Waals surface area (Å²) in [5, 5.41) is 17.7. The van der Waals surface area contributed by atoms with Gasteiger partial charge in [0.2, 0.25) is 5.95 Å². The molecule has 2 N–H and O–H groups in total. The summed E-state index contributed by atoms with van der Waals surface area (Å²) in [4.78, 5) is 17.7. The van der Waals surface area contributed by atoms with Gasteiger partial charge in [-0.05, 0) is 55.3 Å². The van der Waals surface area contributed by atoms with E-state index in [1.807, 2.05) is 18.2 Å². The molecule has 0 fully saturated rings. The number of ether oxygens (including phenoxy) is 2. The van der Waals surface area contributed by atoms with Crippen molar-refractivity contribution in [2.45, 2.75) is 25.3 Å². The summed E-state index contributed by atoms with van der Waals surface area (Å²) >= 11 is 0. The third kappa shape index (κ3) is 3.20. The first-order chi connectivity index (χ1) is 15.1. The zero-order valence-corrected chi connectivity index (χ0v) is 17.3. The predicted octanol–water partition coefficient (Wildman–Crippen LogP) is 3.69. The highest BCUT2D eigenvalue weighted by Gasteiger charge is 2.38. The molecule has 1 aromatic heterocycles. The van der Waals surface area contributed by atoms with Crippen LogP contribution in [0, 0.1) is 0 Å². The van der Waals surface area contributed by atoms with E-state index in [1.165, 1.54) is 0 Å². The molecule has 1 atom stereocenters. The quantitative estimate of drug-likeness (QED) is 0.667. The molecule has 5 rings (SSSR count). The van der Waals surface area contributed by atoms with E-state index in [2.05, 4.69) is 10.3 Å². The molecule has 0 bridgehead atoms. The Morgan fingerprint density at radius 2 is 1.90 bits per heavy atom. The van der Waals surface area contributed by atoms with E-state index in [0.29, 0.717) is 35.3 Å². The Morgan fingerprint density at radius 1 is 1.10 bits per heavy atom. The maximum absolute atomic E-state index is 13.0. The largest absolute Gasteiger partial charge is 0.508 e. The number of anilines is 1. The fourth-order valence-corrected chi connectivity index (χ4v) is 4.23. The molecule has 0 spiro atoms. The normalized spacial score (nSPS) is 17.6. The molecule has 1 unspecified atom stereocenters. The Labute approximate surface area is 179 Å². The van der Waals surface area contributed by atoms with Crippen molar-refractivity contribution in [2.24, 2.45) is 0 Å². The van der Waals surface area contributed by atoms with Crippen LogP contribution in [0.2, 0.25) is 0 Å². The van der Waals surface area contributed by atoms with Crippen molar-refractivity contribution < 1.29 is 19.4 Å². The number of aromatic nitrogens is 3. The van der Waals surface area contributed by atoms with Gasteiger partial charge in [0.05, 0.1) is 14.2 Å². The van der Waals surface area contributed by atoms with Gasteiger partial charge >= 0.3 is 0 Å². The van der Waals surface area contributed by atoms with E-state index in [0.717, 1.165) is 29.7 Å². The standard InChI is InChI=1S/C23H22N4O4/c1-30-15-10-11-19(31-2)16(12-15)21-20-17(4-3-5-18(20)29)24-23-25-22(26-27(21)23)13-6-8-14(28)9-7-13/h6-12,21,28H,3-5H2,1-2H3,(H,24,25,26). The number of methoxy groups -OCH3 is 2. The number of nitrogens with one attached hydrogen (secondary N) is 1. The van der Waals surface area contributed by atoms with Crippen LogP contribution in [0.15, 0.2) is 53.7 Å². The monoisotopic (exact) mass is 418 g/mol. The van der Waals surface area contributed by atoms with Crippen LogP contribution in [0.25, 0.3) is 11.4 Å². The topological polar surface area (TPSA) is 98.5 Å². The number of nitrogens with zero attached hydrogens (tertiary/aromatic N) is 3. The van der Waals surface area contributed by atoms with Gasteiger partial charge in [-0.3, -0.25) is 4.79 Å². The highest BCUT2D eigenvalue weighted by Crippen LogP contribution is 2.44. The number of aromatic hydroxyl groups is 1. The number of allylic oxidation sites excluding steroid dienone is 2. The SMILES string of the molecule is COc1ccc(OC)c(C2C3=C(CCCC3=O)Nc3nc(-c4ccc(O)cc4)nn32)c1. The van der Waals surface area contributed by atoms with E-state index in [9.17, 15) is 9.90 Å². The van der Waals surface area contributed by atoms with Gasteiger partial charge in [0.25, 0.3) is 0 Å². The number of hydrogen-bond acceptors (Lipinski definition) is 7. The molecule has 8 nitrogen and oxygen atoms in total. The molecule has 3 aromatic rings. The molecule has 0 amide bonds.